The van der Waals surface area contributed by atoms with Gasteiger partial charge in [0, 0.05) is 48.5 Å². The van der Waals surface area contributed by atoms with E-state index in [9.17, 15) is 4.79 Å². The van der Waals surface area contributed by atoms with E-state index in [2.05, 4.69) is 38.5 Å². The van der Waals surface area contributed by atoms with Crippen molar-refractivity contribution in [2.75, 3.05) is 5.32 Å². The summed E-state index contributed by atoms with van der Waals surface area (Å²) < 4.78 is 0. The number of carbonyl (C=O) groups excluding carboxylic acids is 1. The molecule has 29 heavy (non-hydrogen) atoms. The van der Waals surface area contributed by atoms with Gasteiger partial charge in [0.05, 0.1) is 0 Å². The van der Waals surface area contributed by atoms with Crippen molar-refractivity contribution < 1.29 is 4.79 Å². The Morgan fingerprint density at radius 1 is 0.759 bits per heavy atom. The van der Waals surface area contributed by atoms with Crippen LogP contribution in [-0.2, 0) is 4.79 Å². The van der Waals surface area contributed by atoms with Gasteiger partial charge in [-0.05, 0) is 59.5 Å². The van der Waals surface area contributed by atoms with Crippen LogP contribution in [0.4, 0.5) is 5.82 Å². The van der Waals surface area contributed by atoms with Gasteiger partial charge in [0.2, 0.25) is 5.91 Å². The maximum atomic E-state index is 11.7. The van der Waals surface area contributed by atoms with Crippen molar-refractivity contribution in [3.63, 3.8) is 0 Å². The summed E-state index contributed by atoms with van der Waals surface area (Å²) in [7, 11) is 0. The molecular weight excluding hydrogens is 360 g/mol. The third-order valence-electron chi connectivity index (χ3n) is 4.62. The second-order valence-electron chi connectivity index (χ2n) is 6.80. The molecule has 0 saturated heterocycles. The predicted octanol–water partition coefficient (Wildman–Crippen LogP) is 5.14. The number of nitrogens with zero attached hydrogens (tertiary/aromatic N) is 3. The lowest BCUT2D eigenvalue weighted by Gasteiger charge is -2.12. The molecule has 0 saturated carbocycles. The highest BCUT2D eigenvalue weighted by atomic mass is 16.1. The standard InChI is InChI=1S/C24H20N4O/c1-16-13-21(9-12-26-16)18-3-5-20(6-4-18)23-14-22(19-7-10-25-11-8-19)15-27-24(23)28-17(2)29/h3-15H,1-2H3,(H,27,28,29). The quantitative estimate of drug-likeness (QED) is 0.532. The highest BCUT2D eigenvalue weighted by molar-refractivity contribution is 5.93. The van der Waals surface area contributed by atoms with Gasteiger partial charge in [0.15, 0.2) is 0 Å². The van der Waals surface area contributed by atoms with Crippen molar-refractivity contribution in [1.82, 2.24) is 15.0 Å². The Morgan fingerprint density at radius 3 is 2.10 bits per heavy atom. The largest absolute Gasteiger partial charge is 0.310 e. The van der Waals surface area contributed by atoms with Gasteiger partial charge in [0.25, 0.3) is 0 Å². The SMILES string of the molecule is CC(=O)Nc1ncc(-c2ccncc2)cc1-c1ccc(-c2ccnc(C)c2)cc1. The van der Waals surface area contributed by atoms with Crippen LogP contribution in [0.1, 0.15) is 12.6 Å². The van der Waals surface area contributed by atoms with Crippen molar-refractivity contribution in [3.05, 3.63) is 85.1 Å². The van der Waals surface area contributed by atoms with E-state index in [0.29, 0.717) is 5.82 Å². The van der Waals surface area contributed by atoms with E-state index in [1.165, 1.54) is 6.92 Å². The van der Waals surface area contributed by atoms with Crippen LogP contribution in [0.2, 0.25) is 0 Å². The maximum Gasteiger partial charge on any atom is 0.222 e. The number of amides is 1. The second-order valence-corrected chi connectivity index (χ2v) is 6.80. The number of hydrogen-bond donors (Lipinski definition) is 1. The second kappa shape index (κ2) is 8.02. The molecule has 0 aliphatic rings. The van der Waals surface area contributed by atoms with Crippen molar-refractivity contribution in [2.24, 2.45) is 0 Å². The average molecular weight is 380 g/mol. The molecule has 0 unspecified atom stereocenters. The molecular formula is C24H20N4O. The van der Waals surface area contributed by atoms with Crippen molar-refractivity contribution in [2.45, 2.75) is 13.8 Å². The van der Waals surface area contributed by atoms with Crippen molar-refractivity contribution in [3.8, 4) is 33.4 Å². The summed E-state index contributed by atoms with van der Waals surface area (Å²) in [6.45, 7) is 3.46. The molecule has 142 valence electrons. The van der Waals surface area contributed by atoms with Crippen LogP contribution in [0.5, 0.6) is 0 Å². The zero-order valence-corrected chi connectivity index (χ0v) is 16.3. The lowest BCUT2D eigenvalue weighted by Crippen LogP contribution is -2.08. The van der Waals surface area contributed by atoms with Gasteiger partial charge < -0.3 is 5.32 Å². The lowest BCUT2D eigenvalue weighted by molar-refractivity contribution is -0.114. The molecule has 1 aromatic carbocycles. The number of benzene rings is 1. The Labute approximate surface area is 169 Å². The van der Waals surface area contributed by atoms with E-state index in [1.807, 2.05) is 49.5 Å². The molecule has 1 amide bonds. The number of hydrogen-bond acceptors (Lipinski definition) is 4. The van der Waals surface area contributed by atoms with Crippen LogP contribution >= 0.6 is 0 Å². The van der Waals surface area contributed by atoms with E-state index >= 15 is 0 Å². The molecule has 5 nitrogen and oxygen atoms in total. The number of nitrogens with one attached hydrogen (secondary N) is 1. The number of aromatic nitrogens is 3. The van der Waals surface area contributed by atoms with Gasteiger partial charge in [-0.25, -0.2) is 4.98 Å². The molecule has 0 atom stereocenters. The third-order valence-corrected chi connectivity index (χ3v) is 4.62. The summed E-state index contributed by atoms with van der Waals surface area (Å²) in [4.78, 5) is 24.5. The fourth-order valence-electron chi connectivity index (χ4n) is 3.22. The van der Waals surface area contributed by atoms with E-state index in [0.717, 1.165) is 39.1 Å². The molecule has 0 bridgehead atoms. The van der Waals surface area contributed by atoms with Crippen LogP contribution in [0.25, 0.3) is 33.4 Å². The van der Waals surface area contributed by atoms with E-state index in [4.69, 9.17) is 0 Å². The predicted molar refractivity (Wildman–Crippen MR) is 115 cm³/mol. The summed E-state index contributed by atoms with van der Waals surface area (Å²) in [6.07, 6.45) is 7.08. The molecule has 0 spiro atoms. The van der Waals surface area contributed by atoms with Gasteiger partial charge in [-0.15, -0.1) is 0 Å². The molecule has 3 aromatic heterocycles. The first kappa shape index (κ1) is 18.5. The Balaban J connectivity index is 1.76. The summed E-state index contributed by atoms with van der Waals surface area (Å²) in [5.74, 6) is 0.391. The topological polar surface area (TPSA) is 67.8 Å². The van der Waals surface area contributed by atoms with Gasteiger partial charge in [0.1, 0.15) is 5.82 Å². The van der Waals surface area contributed by atoms with Crippen LogP contribution in [0, 0.1) is 6.92 Å². The van der Waals surface area contributed by atoms with E-state index in [1.54, 1.807) is 18.6 Å². The average Bonchev–Trinajstić information content (AvgIpc) is 2.74. The highest BCUT2D eigenvalue weighted by Gasteiger charge is 2.11. The molecule has 0 fully saturated rings. The first-order valence-electron chi connectivity index (χ1n) is 9.31. The minimum atomic E-state index is -0.153. The number of rotatable bonds is 4. The summed E-state index contributed by atoms with van der Waals surface area (Å²) >= 11 is 0. The zero-order valence-electron chi connectivity index (χ0n) is 16.3. The summed E-state index contributed by atoms with van der Waals surface area (Å²) in [5, 5.41) is 2.83. The molecule has 0 aliphatic carbocycles. The third kappa shape index (κ3) is 4.19. The zero-order chi connectivity index (χ0) is 20.2. The molecule has 4 rings (SSSR count). The molecule has 0 radical (unpaired) electrons. The van der Waals surface area contributed by atoms with Gasteiger partial charge >= 0.3 is 0 Å². The van der Waals surface area contributed by atoms with Crippen molar-refractivity contribution >= 4 is 11.7 Å². The number of pyridine rings is 3. The minimum absolute atomic E-state index is 0.153. The lowest BCUT2D eigenvalue weighted by atomic mass is 9.98. The van der Waals surface area contributed by atoms with Crippen LogP contribution in [0.15, 0.2) is 79.4 Å². The fourth-order valence-corrected chi connectivity index (χ4v) is 3.22. The normalized spacial score (nSPS) is 10.6. The van der Waals surface area contributed by atoms with E-state index < -0.39 is 0 Å². The van der Waals surface area contributed by atoms with Crippen LogP contribution in [0.3, 0.4) is 0 Å². The summed E-state index contributed by atoms with van der Waals surface area (Å²) in [6, 6.07) is 18.2. The summed E-state index contributed by atoms with van der Waals surface area (Å²) in [5.41, 5.74) is 7.04. The maximum absolute atomic E-state index is 11.7. The Bertz CT molecular complexity index is 1160. The number of carbonyl (C=O) groups is 1. The van der Waals surface area contributed by atoms with Crippen molar-refractivity contribution in [1.29, 1.82) is 0 Å². The Hall–Kier alpha value is -3.86. The van der Waals surface area contributed by atoms with Gasteiger partial charge in [-0.1, -0.05) is 24.3 Å². The Morgan fingerprint density at radius 2 is 1.41 bits per heavy atom. The smallest absolute Gasteiger partial charge is 0.222 e. The van der Waals surface area contributed by atoms with Crippen LogP contribution < -0.4 is 5.32 Å². The first-order valence-corrected chi connectivity index (χ1v) is 9.31. The number of aryl methyl sites for hydroxylation is 1. The van der Waals surface area contributed by atoms with Gasteiger partial charge in [-0.3, -0.25) is 14.8 Å². The minimum Gasteiger partial charge on any atom is -0.310 e. The molecule has 5 heteroatoms. The Kier molecular flexibility index (Phi) is 5.12. The first-order chi connectivity index (χ1) is 14.1. The number of anilines is 1. The highest BCUT2D eigenvalue weighted by Crippen LogP contribution is 2.32. The van der Waals surface area contributed by atoms with Gasteiger partial charge in [-0.2, -0.15) is 0 Å². The monoisotopic (exact) mass is 380 g/mol. The molecule has 1 N–H and O–H groups in total. The van der Waals surface area contributed by atoms with Crippen LogP contribution in [-0.4, -0.2) is 20.9 Å². The molecule has 3 heterocycles. The van der Waals surface area contributed by atoms with E-state index in [-0.39, 0.29) is 5.91 Å². The molecule has 0 aliphatic heterocycles. The fraction of sp³-hybridized carbons (Fsp3) is 0.0833. The molecule has 4 aromatic rings.